The Morgan fingerprint density at radius 2 is 2.03 bits per heavy atom. The van der Waals surface area contributed by atoms with Crippen LogP contribution in [0.2, 0.25) is 0 Å². The fraction of sp³-hybridized carbons (Fsp3) is 0.609. The Hall–Kier alpha value is -2.25. The Morgan fingerprint density at radius 1 is 1.20 bits per heavy atom. The van der Waals surface area contributed by atoms with E-state index in [1.165, 1.54) is 5.57 Å². The van der Waals surface area contributed by atoms with Crippen molar-refractivity contribution in [1.82, 2.24) is 4.90 Å². The molecular weight excluding hydrogens is 384 g/mol. The fourth-order valence-electron chi connectivity index (χ4n) is 6.91. The van der Waals surface area contributed by atoms with Crippen LogP contribution in [0.5, 0.6) is 17.2 Å². The van der Waals surface area contributed by atoms with Gasteiger partial charge in [0, 0.05) is 43.3 Å². The molecule has 1 aromatic rings. The number of ether oxygens (including phenoxy) is 5. The summed E-state index contributed by atoms with van der Waals surface area (Å²) < 4.78 is 29.1. The van der Waals surface area contributed by atoms with Gasteiger partial charge in [-0.15, -0.1) is 0 Å². The van der Waals surface area contributed by atoms with Crippen LogP contribution in [-0.4, -0.2) is 71.1 Å². The summed E-state index contributed by atoms with van der Waals surface area (Å²) in [6.45, 7) is 2.39. The molecule has 0 amide bonds. The van der Waals surface area contributed by atoms with E-state index in [-0.39, 0.29) is 5.41 Å². The van der Waals surface area contributed by atoms with Crippen molar-refractivity contribution >= 4 is 11.6 Å². The van der Waals surface area contributed by atoms with Gasteiger partial charge in [-0.25, -0.2) is 4.99 Å². The van der Waals surface area contributed by atoms with Gasteiger partial charge in [-0.05, 0) is 18.8 Å². The van der Waals surface area contributed by atoms with Crippen LogP contribution in [0.4, 0.5) is 5.69 Å². The van der Waals surface area contributed by atoms with Gasteiger partial charge in [0.15, 0.2) is 11.5 Å². The van der Waals surface area contributed by atoms with Crippen molar-refractivity contribution in [3.63, 3.8) is 0 Å². The van der Waals surface area contributed by atoms with Crippen molar-refractivity contribution in [2.24, 2.45) is 16.8 Å². The molecule has 1 aromatic carbocycles. The van der Waals surface area contributed by atoms with E-state index in [0.717, 1.165) is 42.3 Å². The number of rotatable bonds is 5. The van der Waals surface area contributed by atoms with E-state index >= 15 is 0 Å². The highest BCUT2D eigenvalue weighted by molar-refractivity contribution is 6.01. The molecule has 7 nitrogen and oxygen atoms in total. The summed E-state index contributed by atoms with van der Waals surface area (Å²) in [4.78, 5) is 7.70. The standard InChI is InChI=1S/C23H28N2O5/c1-26-6-5-12-10-25-15-9-23-18(25)7-13(12)14(15)11-30-22(23)24-20-16(27-2)8-17(28-3)21(29-4)19(20)23/h5,8,13-15,18H,6-7,9-11H2,1-4H3/b12-5-/t13-,14+,15+,18?,23?/m1/s1. The van der Waals surface area contributed by atoms with Crippen molar-refractivity contribution in [2.75, 3.05) is 48.2 Å². The van der Waals surface area contributed by atoms with Crippen LogP contribution >= 0.6 is 0 Å². The molecule has 5 fully saturated rings. The molecule has 0 saturated carbocycles. The molecule has 6 heterocycles. The van der Waals surface area contributed by atoms with Crippen molar-refractivity contribution < 1.29 is 23.7 Å². The lowest BCUT2D eigenvalue weighted by molar-refractivity contribution is -0.0156. The first-order valence-corrected chi connectivity index (χ1v) is 10.7. The number of hydrogen-bond donors (Lipinski definition) is 0. The maximum absolute atomic E-state index is 6.46. The summed E-state index contributed by atoms with van der Waals surface area (Å²) in [5.74, 6) is 4.03. The molecule has 1 spiro atoms. The third-order valence-electron chi connectivity index (χ3n) is 8.05. The molecular formula is C23H28N2O5. The first-order chi connectivity index (χ1) is 14.7. The van der Waals surface area contributed by atoms with Crippen LogP contribution in [0.1, 0.15) is 18.4 Å². The van der Waals surface area contributed by atoms with Gasteiger partial charge < -0.3 is 23.7 Å². The van der Waals surface area contributed by atoms with Crippen LogP contribution < -0.4 is 14.2 Å². The molecule has 6 aliphatic heterocycles. The molecule has 160 valence electrons. The molecule has 5 bridgehead atoms. The van der Waals surface area contributed by atoms with Gasteiger partial charge in [-0.1, -0.05) is 11.6 Å². The van der Waals surface area contributed by atoms with Crippen LogP contribution in [0, 0.1) is 11.8 Å². The minimum atomic E-state index is -0.302. The summed E-state index contributed by atoms with van der Waals surface area (Å²) >= 11 is 0. The lowest BCUT2D eigenvalue weighted by atomic mass is 9.68. The Kier molecular flexibility index (Phi) is 3.93. The number of benzene rings is 1. The minimum absolute atomic E-state index is 0.302. The number of aliphatic imine (C=N–C) groups is 1. The topological polar surface area (TPSA) is 61.8 Å². The second-order valence-electron chi connectivity index (χ2n) is 8.94. The van der Waals surface area contributed by atoms with Crippen molar-refractivity contribution in [2.45, 2.75) is 30.3 Å². The van der Waals surface area contributed by atoms with E-state index in [0.29, 0.717) is 48.6 Å². The van der Waals surface area contributed by atoms with Crippen molar-refractivity contribution in [3.8, 4) is 17.2 Å². The fourth-order valence-corrected chi connectivity index (χ4v) is 6.91. The van der Waals surface area contributed by atoms with Gasteiger partial charge in [0.1, 0.15) is 11.4 Å². The first-order valence-electron chi connectivity index (χ1n) is 10.7. The predicted octanol–water partition coefficient (Wildman–Crippen LogP) is 2.69. The molecule has 5 saturated heterocycles. The lowest BCUT2D eigenvalue weighted by Crippen LogP contribution is -2.61. The summed E-state index contributed by atoms with van der Waals surface area (Å²) in [5.41, 5.74) is 3.12. The molecule has 6 aliphatic rings. The van der Waals surface area contributed by atoms with Gasteiger partial charge in [0.2, 0.25) is 5.90 Å². The first kappa shape index (κ1) is 18.5. The molecule has 0 N–H and O–H groups in total. The molecule has 7 rings (SSSR count). The molecule has 0 radical (unpaired) electrons. The highest BCUT2D eigenvalue weighted by atomic mass is 16.5. The Labute approximate surface area is 176 Å². The molecule has 0 aromatic heterocycles. The van der Waals surface area contributed by atoms with Crippen molar-refractivity contribution in [1.29, 1.82) is 0 Å². The normalized spacial score (nSPS) is 38.1. The zero-order valence-electron chi connectivity index (χ0n) is 17.9. The van der Waals surface area contributed by atoms with E-state index in [9.17, 15) is 0 Å². The van der Waals surface area contributed by atoms with Gasteiger partial charge >= 0.3 is 0 Å². The van der Waals surface area contributed by atoms with Crippen LogP contribution in [-0.2, 0) is 14.9 Å². The second kappa shape index (κ2) is 6.37. The average Bonchev–Trinajstić information content (AvgIpc) is 3.14. The summed E-state index contributed by atoms with van der Waals surface area (Å²) in [7, 11) is 6.81. The molecule has 0 aliphatic carbocycles. The second-order valence-corrected chi connectivity index (χ2v) is 8.94. The molecule has 6 atom stereocenters. The third-order valence-corrected chi connectivity index (χ3v) is 8.05. The number of hydrogen-bond acceptors (Lipinski definition) is 7. The molecule has 7 heteroatoms. The SMILES string of the molecule is COC/C=C1/CN2C3C[C@H]1[C@@H]1COC4=Nc5c(OC)cc(OC)c(OC)c5C43C[C@@H]12. The highest BCUT2D eigenvalue weighted by Gasteiger charge is 2.70. The number of fused-ring (bicyclic) bond motifs is 2. The number of nitrogens with zero attached hydrogens (tertiary/aromatic N) is 2. The van der Waals surface area contributed by atoms with E-state index in [4.69, 9.17) is 28.7 Å². The van der Waals surface area contributed by atoms with Crippen LogP contribution in [0.3, 0.4) is 0 Å². The Bertz CT molecular complexity index is 973. The van der Waals surface area contributed by atoms with Gasteiger partial charge in [0.05, 0.1) is 40.0 Å². The maximum Gasteiger partial charge on any atom is 0.201 e. The van der Waals surface area contributed by atoms with E-state index in [1.54, 1.807) is 28.4 Å². The van der Waals surface area contributed by atoms with Gasteiger partial charge in [-0.2, -0.15) is 0 Å². The average molecular weight is 412 g/mol. The minimum Gasteiger partial charge on any atom is -0.494 e. The van der Waals surface area contributed by atoms with E-state index in [2.05, 4.69) is 11.0 Å². The van der Waals surface area contributed by atoms with E-state index < -0.39 is 0 Å². The number of piperidine rings is 3. The van der Waals surface area contributed by atoms with Gasteiger partial charge in [0.25, 0.3) is 0 Å². The Balaban J connectivity index is 1.54. The monoisotopic (exact) mass is 412 g/mol. The smallest absolute Gasteiger partial charge is 0.201 e. The summed E-state index contributed by atoms with van der Waals surface area (Å²) in [6.07, 6.45) is 4.40. The quantitative estimate of drug-likeness (QED) is 0.693. The largest absolute Gasteiger partial charge is 0.494 e. The molecule has 3 unspecified atom stereocenters. The third kappa shape index (κ3) is 2.05. The zero-order valence-corrected chi connectivity index (χ0v) is 17.9. The van der Waals surface area contributed by atoms with Crippen LogP contribution in [0.25, 0.3) is 0 Å². The van der Waals surface area contributed by atoms with Gasteiger partial charge in [-0.3, -0.25) is 4.90 Å². The lowest BCUT2D eigenvalue weighted by Gasteiger charge is -2.54. The highest BCUT2D eigenvalue weighted by Crippen LogP contribution is 2.66. The van der Waals surface area contributed by atoms with E-state index in [1.807, 2.05) is 6.07 Å². The Morgan fingerprint density at radius 3 is 2.77 bits per heavy atom. The van der Waals surface area contributed by atoms with Crippen LogP contribution in [0.15, 0.2) is 22.7 Å². The predicted molar refractivity (Wildman–Crippen MR) is 111 cm³/mol. The molecule has 30 heavy (non-hydrogen) atoms. The number of methoxy groups -OCH3 is 4. The van der Waals surface area contributed by atoms with Crippen molar-refractivity contribution in [3.05, 3.63) is 23.3 Å². The maximum atomic E-state index is 6.46. The zero-order chi connectivity index (χ0) is 20.6. The summed E-state index contributed by atoms with van der Waals surface area (Å²) in [5, 5.41) is 0. The summed E-state index contributed by atoms with van der Waals surface area (Å²) in [6, 6.07) is 2.70.